The number of carbonyl (C=O) groups excluding carboxylic acids is 1. The number of tetrazole rings is 1. The van der Waals surface area contributed by atoms with Crippen LogP contribution in [-0.2, 0) is 11.2 Å². The third-order valence-corrected chi connectivity index (χ3v) is 4.60. The Kier molecular flexibility index (Phi) is 4.31. The summed E-state index contributed by atoms with van der Waals surface area (Å²) in [5.74, 6) is 0.688. The molecule has 0 bridgehead atoms. The van der Waals surface area contributed by atoms with E-state index in [9.17, 15) is 4.79 Å². The van der Waals surface area contributed by atoms with Crippen LogP contribution >= 0.6 is 15.9 Å². The second kappa shape index (κ2) is 6.76. The van der Waals surface area contributed by atoms with Gasteiger partial charge in [-0.1, -0.05) is 40.2 Å². The smallest absolute Gasteiger partial charge is 0.228 e. The fourth-order valence-corrected chi connectivity index (χ4v) is 2.94. The van der Waals surface area contributed by atoms with Gasteiger partial charge in [0.05, 0.1) is 12.5 Å². The van der Waals surface area contributed by atoms with Gasteiger partial charge < -0.3 is 5.32 Å². The largest absolute Gasteiger partial charge is 0.326 e. The molecule has 0 spiro atoms. The van der Waals surface area contributed by atoms with Crippen molar-refractivity contribution in [1.82, 2.24) is 20.2 Å². The van der Waals surface area contributed by atoms with Crippen molar-refractivity contribution in [2.75, 3.05) is 5.32 Å². The Morgan fingerprint density at radius 3 is 2.76 bits per heavy atom. The summed E-state index contributed by atoms with van der Waals surface area (Å²) < 4.78 is 2.86. The van der Waals surface area contributed by atoms with Gasteiger partial charge in [0.1, 0.15) is 0 Å². The monoisotopic (exact) mass is 397 g/mol. The zero-order valence-corrected chi connectivity index (χ0v) is 15.0. The molecule has 1 saturated carbocycles. The van der Waals surface area contributed by atoms with Crippen molar-refractivity contribution in [2.45, 2.75) is 25.3 Å². The highest BCUT2D eigenvalue weighted by Gasteiger charge is 2.28. The van der Waals surface area contributed by atoms with Gasteiger partial charge in [-0.2, -0.15) is 0 Å². The number of aromatic nitrogens is 4. The molecule has 0 aliphatic heterocycles. The molecular formula is C18H16BrN5O. The van der Waals surface area contributed by atoms with Crippen LogP contribution < -0.4 is 5.32 Å². The van der Waals surface area contributed by atoms with Gasteiger partial charge in [0.2, 0.25) is 5.91 Å². The fourth-order valence-electron chi connectivity index (χ4n) is 2.68. The number of rotatable bonds is 5. The second-order valence-corrected chi connectivity index (χ2v) is 7.03. The van der Waals surface area contributed by atoms with E-state index >= 15 is 0 Å². The molecular weight excluding hydrogens is 382 g/mol. The van der Waals surface area contributed by atoms with Gasteiger partial charge in [0.15, 0.2) is 5.82 Å². The van der Waals surface area contributed by atoms with Crippen molar-refractivity contribution in [3.63, 3.8) is 0 Å². The maximum absolute atomic E-state index is 12.3. The van der Waals surface area contributed by atoms with Crippen molar-refractivity contribution in [2.24, 2.45) is 0 Å². The normalized spacial score (nSPS) is 13.6. The molecule has 0 saturated heterocycles. The number of nitrogens with zero attached hydrogens (tertiary/aromatic N) is 4. The van der Waals surface area contributed by atoms with Crippen LogP contribution in [0.5, 0.6) is 0 Å². The van der Waals surface area contributed by atoms with Crippen LogP contribution in [0.2, 0.25) is 0 Å². The highest BCUT2D eigenvalue weighted by molar-refractivity contribution is 9.10. The maximum Gasteiger partial charge on any atom is 0.228 e. The minimum absolute atomic E-state index is 0.0544. The van der Waals surface area contributed by atoms with E-state index in [1.807, 2.05) is 53.2 Å². The molecule has 1 aromatic heterocycles. The van der Waals surface area contributed by atoms with Crippen molar-refractivity contribution in [3.8, 4) is 11.4 Å². The van der Waals surface area contributed by atoms with Gasteiger partial charge in [-0.05, 0) is 53.1 Å². The van der Waals surface area contributed by atoms with Crippen LogP contribution in [0.15, 0.2) is 53.0 Å². The lowest BCUT2D eigenvalue weighted by molar-refractivity contribution is -0.115. The minimum Gasteiger partial charge on any atom is -0.326 e. The number of hydrogen-bond donors (Lipinski definition) is 1. The van der Waals surface area contributed by atoms with Crippen LogP contribution in [0.1, 0.15) is 24.4 Å². The molecule has 3 aromatic rings. The summed E-state index contributed by atoms with van der Waals surface area (Å²) >= 11 is 3.39. The number of nitrogens with one attached hydrogen (secondary N) is 1. The molecule has 6 nitrogen and oxygen atoms in total. The van der Waals surface area contributed by atoms with Crippen molar-refractivity contribution < 1.29 is 4.79 Å². The number of anilines is 1. The predicted molar refractivity (Wildman–Crippen MR) is 98.0 cm³/mol. The van der Waals surface area contributed by atoms with Crippen molar-refractivity contribution >= 4 is 27.5 Å². The zero-order valence-electron chi connectivity index (χ0n) is 13.4. The molecule has 1 aliphatic carbocycles. The Hall–Kier alpha value is -2.54. The second-order valence-electron chi connectivity index (χ2n) is 6.11. The molecule has 7 heteroatoms. The lowest BCUT2D eigenvalue weighted by atomic mass is 10.1. The first-order valence-corrected chi connectivity index (χ1v) is 8.91. The fraction of sp³-hybridized carbons (Fsp3) is 0.222. The molecule has 1 N–H and O–H groups in total. The van der Waals surface area contributed by atoms with Gasteiger partial charge in [-0.25, -0.2) is 4.68 Å². The molecule has 2 aromatic carbocycles. The maximum atomic E-state index is 12.3. The van der Waals surface area contributed by atoms with Crippen molar-refractivity contribution in [1.29, 1.82) is 0 Å². The van der Waals surface area contributed by atoms with E-state index in [2.05, 4.69) is 36.8 Å². The van der Waals surface area contributed by atoms with Crippen molar-refractivity contribution in [3.05, 3.63) is 58.6 Å². The van der Waals surface area contributed by atoms with Gasteiger partial charge in [-0.15, -0.1) is 5.10 Å². The summed E-state index contributed by atoms with van der Waals surface area (Å²) in [6, 6.07) is 15.8. The Labute approximate surface area is 153 Å². The molecule has 0 atom stereocenters. The topological polar surface area (TPSA) is 72.7 Å². The van der Waals surface area contributed by atoms with E-state index in [1.54, 1.807) is 0 Å². The third kappa shape index (κ3) is 3.76. The SMILES string of the molecule is O=C(Cc1ccc(Br)cc1)Nc1cccc(-c2nnnn2C2CC2)c1. The summed E-state index contributed by atoms with van der Waals surface area (Å²) in [5, 5.41) is 14.9. The van der Waals surface area contributed by atoms with Gasteiger partial charge in [-0.3, -0.25) is 4.79 Å². The Bertz CT molecular complexity index is 902. The number of amides is 1. The molecule has 1 amide bonds. The average molecular weight is 398 g/mol. The third-order valence-electron chi connectivity index (χ3n) is 4.07. The predicted octanol–water partition coefficient (Wildman–Crippen LogP) is 3.62. The number of hydrogen-bond acceptors (Lipinski definition) is 4. The first kappa shape index (κ1) is 16.0. The number of carbonyl (C=O) groups is 1. The van der Waals surface area contributed by atoms with E-state index in [0.717, 1.165) is 40.0 Å². The Balaban J connectivity index is 1.48. The summed E-state index contributed by atoms with van der Waals surface area (Å²) in [6.07, 6.45) is 2.56. The molecule has 0 unspecified atom stereocenters. The quantitative estimate of drug-likeness (QED) is 0.713. The summed E-state index contributed by atoms with van der Waals surface area (Å²) in [5.41, 5.74) is 2.61. The number of halogens is 1. The van der Waals surface area contributed by atoms with Gasteiger partial charge >= 0.3 is 0 Å². The van der Waals surface area contributed by atoms with Crippen LogP contribution in [0.25, 0.3) is 11.4 Å². The summed E-state index contributed by atoms with van der Waals surface area (Å²) in [7, 11) is 0. The van der Waals surface area contributed by atoms with E-state index in [4.69, 9.17) is 0 Å². The highest BCUT2D eigenvalue weighted by Crippen LogP contribution is 2.36. The van der Waals surface area contributed by atoms with Crippen LogP contribution in [-0.4, -0.2) is 26.1 Å². The van der Waals surface area contributed by atoms with Gasteiger partial charge in [0, 0.05) is 15.7 Å². The van der Waals surface area contributed by atoms with Crippen LogP contribution in [0.3, 0.4) is 0 Å². The van der Waals surface area contributed by atoms with E-state index < -0.39 is 0 Å². The Morgan fingerprint density at radius 1 is 1.20 bits per heavy atom. The highest BCUT2D eigenvalue weighted by atomic mass is 79.9. The first-order valence-electron chi connectivity index (χ1n) is 8.11. The Morgan fingerprint density at radius 2 is 2.00 bits per heavy atom. The first-order chi connectivity index (χ1) is 12.2. The lowest BCUT2D eigenvalue weighted by Crippen LogP contribution is -2.14. The lowest BCUT2D eigenvalue weighted by Gasteiger charge is -2.08. The van der Waals surface area contributed by atoms with E-state index in [-0.39, 0.29) is 5.91 Å². The van der Waals surface area contributed by atoms with Gasteiger partial charge in [0.25, 0.3) is 0 Å². The molecule has 1 heterocycles. The molecule has 4 rings (SSSR count). The van der Waals surface area contributed by atoms with Crippen LogP contribution in [0.4, 0.5) is 5.69 Å². The summed E-state index contributed by atoms with van der Waals surface area (Å²) in [4.78, 5) is 12.3. The molecule has 0 radical (unpaired) electrons. The van der Waals surface area contributed by atoms with E-state index in [0.29, 0.717) is 12.5 Å². The average Bonchev–Trinajstić information content (AvgIpc) is 3.34. The summed E-state index contributed by atoms with van der Waals surface area (Å²) in [6.45, 7) is 0. The van der Waals surface area contributed by atoms with Crippen LogP contribution in [0, 0.1) is 0 Å². The van der Waals surface area contributed by atoms with E-state index in [1.165, 1.54) is 0 Å². The molecule has 1 fully saturated rings. The minimum atomic E-state index is -0.0544. The molecule has 25 heavy (non-hydrogen) atoms. The molecule has 126 valence electrons. The molecule has 1 aliphatic rings. The number of benzene rings is 2. The standard InChI is InChI=1S/C18H16BrN5O/c19-14-6-4-12(5-7-14)10-17(25)20-15-3-1-2-13(11-15)18-21-22-23-24(18)16-8-9-16/h1-7,11,16H,8-10H2,(H,20,25). The zero-order chi connectivity index (χ0) is 17.2.